The minimum absolute atomic E-state index is 0.295. The number of fused-ring (bicyclic) bond motifs is 1. The molecule has 0 bridgehead atoms. The van der Waals surface area contributed by atoms with E-state index in [4.69, 9.17) is 4.74 Å². The van der Waals surface area contributed by atoms with E-state index in [2.05, 4.69) is 34.5 Å². The Morgan fingerprint density at radius 2 is 2.09 bits per heavy atom. The number of rotatable bonds is 3. The molecule has 0 fully saturated rings. The van der Waals surface area contributed by atoms with Gasteiger partial charge in [-0.05, 0) is 32.0 Å². The Morgan fingerprint density at radius 3 is 2.77 bits per heavy atom. The van der Waals surface area contributed by atoms with Crippen LogP contribution >= 0.6 is 0 Å². The molecule has 0 saturated carbocycles. The zero-order chi connectivity index (χ0) is 15.7. The number of hydrogen-bond donors (Lipinski definition) is 0. The smallest absolute Gasteiger partial charge is 0.216 e. The summed E-state index contributed by atoms with van der Waals surface area (Å²) < 4.78 is 7.24. The summed E-state index contributed by atoms with van der Waals surface area (Å²) in [6.45, 7) is 4.19. The van der Waals surface area contributed by atoms with E-state index in [0.29, 0.717) is 23.3 Å². The molecule has 5 nitrogen and oxygen atoms in total. The molecule has 0 amide bonds. The molecule has 110 valence electrons. The van der Waals surface area contributed by atoms with Gasteiger partial charge in [-0.15, -0.1) is 0 Å². The highest BCUT2D eigenvalue weighted by Gasteiger charge is 2.12. The van der Waals surface area contributed by atoms with Crippen molar-refractivity contribution in [3.8, 4) is 23.3 Å². The maximum absolute atomic E-state index is 9.36. The predicted molar refractivity (Wildman–Crippen MR) is 84.6 cm³/mol. The third kappa shape index (κ3) is 2.29. The van der Waals surface area contributed by atoms with Gasteiger partial charge in [0.05, 0.1) is 12.7 Å². The van der Waals surface area contributed by atoms with E-state index >= 15 is 0 Å². The summed E-state index contributed by atoms with van der Waals surface area (Å²) in [7, 11) is 1.58. The number of nitriles is 1. The zero-order valence-electron chi connectivity index (χ0n) is 12.7. The van der Waals surface area contributed by atoms with Gasteiger partial charge in [0.25, 0.3) is 0 Å². The molecule has 5 heteroatoms. The van der Waals surface area contributed by atoms with Crippen molar-refractivity contribution in [2.75, 3.05) is 7.11 Å². The van der Waals surface area contributed by atoms with E-state index in [-0.39, 0.29) is 0 Å². The summed E-state index contributed by atoms with van der Waals surface area (Å²) in [6, 6.07) is 10.2. The van der Waals surface area contributed by atoms with Crippen LogP contribution in [0, 0.1) is 11.3 Å². The fourth-order valence-electron chi connectivity index (χ4n) is 2.51. The summed E-state index contributed by atoms with van der Waals surface area (Å²) in [5, 5.41) is 10.3. The fraction of sp³-hybridized carbons (Fsp3) is 0.235. The van der Waals surface area contributed by atoms with E-state index < -0.39 is 0 Å². The molecule has 0 saturated heterocycles. The molecule has 3 aromatic rings. The van der Waals surface area contributed by atoms with Gasteiger partial charge in [0.2, 0.25) is 5.88 Å². The van der Waals surface area contributed by atoms with Crippen LogP contribution in [0.2, 0.25) is 0 Å². The van der Waals surface area contributed by atoms with E-state index in [9.17, 15) is 5.26 Å². The lowest BCUT2D eigenvalue weighted by Gasteiger charge is -2.09. The molecule has 2 aromatic heterocycles. The van der Waals surface area contributed by atoms with Crippen LogP contribution in [-0.4, -0.2) is 21.6 Å². The molecule has 22 heavy (non-hydrogen) atoms. The number of methoxy groups -OCH3 is 1. The summed E-state index contributed by atoms with van der Waals surface area (Å²) in [4.78, 5) is 8.62. The van der Waals surface area contributed by atoms with Crippen molar-refractivity contribution in [2.45, 2.75) is 19.9 Å². The number of hydrogen-bond acceptors (Lipinski definition) is 4. The molecule has 0 unspecified atom stereocenters. The Balaban J connectivity index is 2.19. The molecule has 0 aliphatic carbocycles. The minimum atomic E-state index is 0.295. The van der Waals surface area contributed by atoms with Crippen molar-refractivity contribution in [1.29, 1.82) is 5.26 Å². The maximum Gasteiger partial charge on any atom is 0.216 e. The second-order valence-corrected chi connectivity index (χ2v) is 5.31. The van der Waals surface area contributed by atoms with Gasteiger partial charge in [0.15, 0.2) is 5.82 Å². The lowest BCUT2D eigenvalue weighted by atomic mass is 10.1. The standard InChI is InChI=1S/C17H16N4O/c1-11(2)21-10-13(9-18)14-8-12(4-5-15(14)21)17-19-7-6-16(20-17)22-3/h4-8,10-11H,1-3H3. The Labute approximate surface area is 128 Å². The summed E-state index contributed by atoms with van der Waals surface area (Å²) in [6.07, 6.45) is 3.56. The topological polar surface area (TPSA) is 63.7 Å². The largest absolute Gasteiger partial charge is 0.481 e. The van der Waals surface area contributed by atoms with Crippen molar-refractivity contribution in [3.05, 3.63) is 42.2 Å². The zero-order valence-corrected chi connectivity index (χ0v) is 12.7. The van der Waals surface area contributed by atoms with Crippen LogP contribution < -0.4 is 4.74 Å². The first-order valence-electron chi connectivity index (χ1n) is 7.06. The minimum Gasteiger partial charge on any atom is -0.481 e. The van der Waals surface area contributed by atoms with Crippen LogP contribution in [0.15, 0.2) is 36.7 Å². The highest BCUT2D eigenvalue weighted by Crippen LogP contribution is 2.28. The summed E-state index contributed by atoms with van der Waals surface area (Å²) in [5.41, 5.74) is 2.57. The van der Waals surface area contributed by atoms with Crippen molar-refractivity contribution >= 4 is 10.9 Å². The molecule has 0 aliphatic rings. The quantitative estimate of drug-likeness (QED) is 0.740. The molecule has 1 aromatic carbocycles. The van der Waals surface area contributed by atoms with Crippen LogP contribution in [0.1, 0.15) is 25.5 Å². The van der Waals surface area contributed by atoms with Crippen LogP contribution in [0.5, 0.6) is 5.88 Å². The number of ether oxygens (including phenoxy) is 1. The predicted octanol–water partition coefficient (Wildman–Crippen LogP) is 3.56. The average Bonchev–Trinajstić information content (AvgIpc) is 2.93. The normalized spacial score (nSPS) is 10.9. The molecular weight excluding hydrogens is 276 g/mol. The molecule has 2 heterocycles. The molecule has 3 rings (SSSR count). The first kappa shape index (κ1) is 14.1. The van der Waals surface area contributed by atoms with Gasteiger partial charge in [0.1, 0.15) is 6.07 Å². The second-order valence-electron chi connectivity index (χ2n) is 5.31. The van der Waals surface area contributed by atoms with Gasteiger partial charge in [0, 0.05) is 41.0 Å². The Morgan fingerprint density at radius 1 is 1.27 bits per heavy atom. The van der Waals surface area contributed by atoms with Crippen LogP contribution in [-0.2, 0) is 0 Å². The Kier molecular flexibility index (Phi) is 3.51. The number of aromatic nitrogens is 3. The first-order valence-corrected chi connectivity index (χ1v) is 7.06. The second kappa shape index (κ2) is 5.49. The van der Waals surface area contributed by atoms with Gasteiger partial charge in [-0.1, -0.05) is 0 Å². The van der Waals surface area contributed by atoms with Crippen molar-refractivity contribution in [3.63, 3.8) is 0 Å². The van der Waals surface area contributed by atoms with Gasteiger partial charge >= 0.3 is 0 Å². The van der Waals surface area contributed by atoms with Crippen molar-refractivity contribution in [1.82, 2.24) is 14.5 Å². The van der Waals surface area contributed by atoms with E-state index in [1.54, 1.807) is 19.4 Å². The lowest BCUT2D eigenvalue weighted by molar-refractivity contribution is 0.397. The Hall–Kier alpha value is -2.87. The maximum atomic E-state index is 9.36. The average molecular weight is 292 g/mol. The SMILES string of the molecule is COc1ccnc(-c2ccc3c(c2)c(C#N)cn3C(C)C)n1. The summed E-state index contributed by atoms with van der Waals surface area (Å²) in [5.74, 6) is 1.10. The van der Waals surface area contributed by atoms with Crippen LogP contribution in [0.3, 0.4) is 0 Å². The van der Waals surface area contributed by atoms with Crippen molar-refractivity contribution < 1.29 is 4.74 Å². The van der Waals surface area contributed by atoms with Gasteiger partial charge in [-0.25, -0.2) is 4.98 Å². The molecular formula is C17H16N4O. The highest BCUT2D eigenvalue weighted by atomic mass is 16.5. The highest BCUT2D eigenvalue weighted by molar-refractivity contribution is 5.90. The molecule has 0 N–H and O–H groups in total. The fourth-order valence-corrected chi connectivity index (χ4v) is 2.51. The van der Waals surface area contributed by atoms with Gasteiger partial charge in [-0.2, -0.15) is 10.2 Å². The van der Waals surface area contributed by atoms with Crippen molar-refractivity contribution in [2.24, 2.45) is 0 Å². The van der Waals surface area contributed by atoms with Gasteiger partial charge < -0.3 is 9.30 Å². The monoisotopic (exact) mass is 292 g/mol. The molecule has 0 radical (unpaired) electrons. The molecule has 0 aliphatic heterocycles. The Bertz CT molecular complexity index is 874. The van der Waals surface area contributed by atoms with Crippen LogP contribution in [0.25, 0.3) is 22.3 Å². The first-order chi connectivity index (χ1) is 10.6. The lowest BCUT2D eigenvalue weighted by Crippen LogP contribution is -1.98. The van der Waals surface area contributed by atoms with Gasteiger partial charge in [-0.3, -0.25) is 0 Å². The summed E-state index contributed by atoms with van der Waals surface area (Å²) >= 11 is 0. The van der Waals surface area contributed by atoms with E-state index in [1.165, 1.54) is 0 Å². The van der Waals surface area contributed by atoms with E-state index in [0.717, 1.165) is 16.5 Å². The number of nitrogens with zero attached hydrogens (tertiary/aromatic N) is 4. The van der Waals surface area contributed by atoms with E-state index in [1.807, 2.05) is 24.4 Å². The number of benzene rings is 1. The third-order valence-electron chi connectivity index (χ3n) is 3.61. The van der Waals surface area contributed by atoms with Crippen LogP contribution in [0.4, 0.5) is 0 Å². The molecule has 0 spiro atoms. The third-order valence-corrected chi connectivity index (χ3v) is 3.61. The molecule has 0 atom stereocenters.